The second-order valence-electron chi connectivity index (χ2n) is 6.75. The lowest BCUT2D eigenvalue weighted by Crippen LogP contribution is -2.37. The molecule has 1 aromatic carbocycles. The molecule has 0 aliphatic rings. The van der Waals surface area contributed by atoms with Crippen LogP contribution in [0.25, 0.3) is 10.8 Å². The molecule has 1 amide bonds. The van der Waals surface area contributed by atoms with Crippen molar-refractivity contribution in [3.63, 3.8) is 0 Å². The van der Waals surface area contributed by atoms with Crippen LogP contribution in [-0.2, 0) is 12.7 Å². The van der Waals surface area contributed by atoms with Crippen molar-refractivity contribution < 1.29 is 18.0 Å². The lowest BCUT2D eigenvalue weighted by atomic mass is 10.1. The number of pyridine rings is 2. The number of rotatable bonds is 5. The third-order valence-corrected chi connectivity index (χ3v) is 5.76. The molecule has 0 radical (unpaired) electrons. The van der Waals surface area contributed by atoms with Crippen molar-refractivity contribution in [1.29, 1.82) is 0 Å². The van der Waals surface area contributed by atoms with Gasteiger partial charge in [-0.15, -0.1) is 11.8 Å². The number of hydrogen-bond acceptors (Lipinski definition) is 5. The lowest BCUT2D eigenvalue weighted by Gasteiger charge is -2.23. The van der Waals surface area contributed by atoms with Crippen molar-refractivity contribution in [2.24, 2.45) is 0 Å². The van der Waals surface area contributed by atoms with E-state index in [1.165, 1.54) is 25.7 Å². The molecule has 3 aromatic rings. The number of hydrogen-bond donors (Lipinski definition) is 1. The summed E-state index contributed by atoms with van der Waals surface area (Å²) >= 11 is 1.44. The summed E-state index contributed by atoms with van der Waals surface area (Å²) in [4.78, 5) is 32.0. The number of anilines is 2. The van der Waals surface area contributed by atoms with Crippen LogP contribution < -0.4 is 16.2 Å². The maximum absolute atomic E-state index is 13.3. The summed E-state index contributed by atoms with van der Waals surface area (Å²) in [5, 5.41) is 1.62. The third kappa shape index (κ3) is 4.25. The third-order valence-electron chi connectivity index (χ3n) is 4.82. The minimum absolute atomic E-state index is 0.219. The summed E-state index contributed by atoms with van der Waals surface area (Å²) in [5.74, 6) is 0.154. The largest absolute Gasteiger partial charge is 0.431 e. The zero-order valence-corrected chi connectivity index (χ0v) is 18.0. The zero-order chi connectivity index (χ0) is 22.9. The van der Waals surface area contributed by atoms with Gasteiger partial charge < -0.3 is 15.2 Å². The first-order valence-corrected chi connectivity index (χ1v) is 10.5. The van der Waals surface area contributed by atoms with Gasteiger partial charge in [-0.25, -0.2) is 0 Å². The fourth-order valence-corrected chi connectivity index (χ4v) is 4.20. The van der Waals surface area contributed by atoms with E-state index in [1.807, 2.05) is 13.0 Å². The van der Waals surface area contributed by atoms with Crippen molar-refractivity contribution in [2.75, 3.05) is 23.4 Å². The van der Waals surface area contributed by atoms with Crippen molar-refractivity contribution in [1.82, 2.24) is 9.55 Å². The molecular formula is C21H21F3N4O2S. The average molecular weight is 450 g/mol. The Morgan fingerprint density at radius 3 is 2.55 bits per heavy atom. The molecule has 0 unspecified atom stereocenters. The molecule has 0 aliphatic heterocycles. The lowest BCUT2D eigenvalue weighted by molar-refractivity contribution is -0.144. The molecule has 6 nitrogen and oxygen atoms in total. The van der Waals surface area contributed by atoms with Crippen LogP contribution in [0.5, 0.6) is 0 Å². The van der Waals surface area contributed by atoms with Crippen molar-refractivity contribution in [3.8, 4) is 0 Å². The zero-order valence-electron chi connectivity index (χ0n) is 17.2. The van der Waals surface area contributed by atoms with Crippen molar-refractivity contribution in [3.05, 3.63) is 58.3 Å². The number of carbonyl (C=O) groups excluding carboxylic acids is 1. The first kappa shape index (κ1) is 22.7. The fourth-order valence-electron chi connectivity index (χ4n) is 3.38. The Morgan fingerprint density at radius 2 is 1.94 bits per heavy atom. The quantitative estimate of drug-likeness (QED) is 0.583. The Hall–Kier alpha value is -3.01. The Morgan fingerprint density at radius 1 is 1.23 bits per heavy atom. The van der Waals surface area contributed by atoms with E-state index in [2.05, 4.69) is 4.98 Å². The van der Waals surface area contributed by atoms with Gasteiger partial charge in [-0.05, 0) is 42.3 Å². The molecule has 0 fully saturated rings. The van der Waals surface area contributed by atoms with Gasteiger partial charge in [0.15, 0.2) is 0 Å². The van der Waals surface area contributed by atoms with Gasteiger partial charge >= 0.3 is 6.18 Å². The van der Waals surface area contributed by atoms with E-state index in [0.717, 1.165) is 15.7 Å². The van der Waals surface area contributed by atoms with Crippen molar-refractivity contribution >= 4 is 39.8 Å². The van der Waals surface area contributed by atoms with E-state index in [-0.39, 0.29) is 12.2 Å². The smallest absolute Gasteiger partial charge is 0.397 e. The fraction of sp³-hybridized carbons (Fsp3) is 0.286. The number of halogens is 3. The highest BCUT2D eigenvalue weighted by atomic mass is 32.2. The minimum Gasteiger partial charge on any atom is -0.397 e. The van der Waals surface area contributed by atoms with Gasteiger partial charge in [-0.2, -0.15) is 13.2 Å². The molecule has 2 heterocycles. The van der Waals surface area contributed by atoms with Crippen LogP contribution in [0.2, 0.25) is 0 Å². The second kappa shape index (κ2) is 8.62. The Labute approximate surface area is 180 Å². The van der Waals surface area contributed by atoms with E-state index in [0.29, 0.717) is 26.8 Å². The molecule has 31 heavy (non-hydrogen) atoms. The number of nitrogens with zero attached hydrogens (tertiary/aromatic N) is 3. The maximum Gasteiger partial charge on any atom is 0.431 e. The van der Waals surface area contributed by atoms with E-state index in [1.54, 1.807) is 24.5 Å². The van der Waals surface area contributed by atoms with Gasteiger partial charge in [-0.1, -0.05) is 6.92 Å². The van der Waals surface area contributed by atoms with Gasteiger partial charge in [0.1, 0.15) is 11.4 Å². The molecule has 0 spiro atoms. The topological polar surface area (TPSA) is 81.2 Å². The van der Waals surface area contributed by atoms with Gasteiger partial charge in [0.05, 0.1) is 11.3 Å². The number of nitrogen functional groups attached to an aromatic ring is 1. The van der Waals surface area contributed by atoms with E-state index < -0.39 is 29.0 Å². The molecule has 0 atom stereocenters. The van der Waals surface area contributed by atoms with Gasteiger partial charge in [0, 0.05) is 36.3 Å². The number of amides is 1. The van der Waals surface area contributed by atoms with Crippen LogP contribution in [0.1, 0.15) is 29.9 Å². The summed E-state index contributed by atoms with van der Waals surface area (Å²) in [6.07, 6.45) is -1.47. The van der Waals surface area contributed by atoms with Crippen LogP contribution in [0.3, 0.4) is 0 Å². The molecule has 3 rings (SSSR count). The Bertz CT molecular complexity index is 1210. The molecule has 0 bridgehead atoms. The number of fused-ring (bicyclic) bond motifs is 1. The molecule has 2 aromatic heterocycles. The first-order valence-electron chi connectivity index (χ1n) is 9.49. The highest BCUT2D eigenvalue weighted by Crippen LogP contribution is 2.33. The number of thioether (sulfide) groups is 1. The van der Waals surface area contributed by atoms with Crippen LogP contribution in [-0.4, -0.2) is 28.3 Å². The second-order valence-corrected chi connectivity index (χ2v) is 8.05. The van der Waals surface area contributed by atoms with Crippen LogP contribution in [0, 0.1) is 0 Å². The predicted octanol–water partition coefficient (Wildman–Crippen LogP) is 4.41. The molecule has 0 aliphatic carbocycles. The predicted molar refractivity (Wildman–Crippen MR) is 117 cm³/mol. The summed E-state index contributed by atoms with van der Waals surface area (Å²) in [5.41, 5.74) is 3.33. The summed E-state index contributed by atoms with van der Waals surface area (Å²) in [6.45, 7) is 3.14. The Balaban J connectivity index is 2.16. The SMILES string of the molecule is CCSc1cc2cnccc2cc1C(=O)N(C)c1c(N)cc(C(F)(F)F)n(CC)c1=O. The molecule has 164 valence electrons. The highest BCUT2D eigenvalue weighted by Gasteiger charge is 2.36. The number of nitrogens with two attached hydrogens (primary N) is 1. The average Bonchev–Trinajstić information content (AvgIpc) is 2.71. The van der Waals surface area contributed by atoms with E-state index in [4.69, 9.17) is 5.73 Å². The molecular weight excluding hydrogens is 429 g/mol. The van der Waals surface area contributed by atoms with Crippen LogP contribution in [0.15, 0.2) is 46.3 Å². The normalized spacial score (nSPS) is 11.7. The molecule has 0 saturated carbocycles. The number of alkyl halides is 3. The number of aromatic nitrogens is 2. The van der Waals surface area contributed by atoms with E-state index >= 15 is 0 Å². The summed E-state index contributed by atoms with van der Waals surface area (Å²) in [7, 11) is 1.33. The highest BCUT2D eigenvalue weighted by molar-refractivity contribution is 7.99. The molecule has 0 saturated heterocycles. The van der Waals surface area contributed by atoms with E-state index in [9.17, 15) is 22.8 Å². The summed E-state index contributed by atoms with van der Waals surface area (Å²) < 4.78 is 40.6. The first-order chi connectivity index (χ1) is 14.6. The van der Waals surface area contributed by atoms with Gasteiger partial charge in [0.25, 0.3) is 11.5 Å². The van der Waals surface area contributed by atoms with Crippen LogP contribution >= 0.6 is 11.8 Å². The number of benzene rings is 1. The number of carbonyl (C=O) groups is 1. The minimum atomic E-state index is -4.75. The monoisotopic (exact) mass is 450 g/mol. The van der Waals surface area contributed by atoms with Crippen LogP contribution in [0.4, 0.5) is 24.5 Å². The Kier molecular flexibility index (Phi) is 6.30. The molecule has 2 N–H and O–H groups in total. The summed E-state index contributed by atoms with van der Waals surface area (Å²) in [6, 6.07) is 5.96. The molecule has 10 heteroatoms. The maximum atomic E-state index is 13.3. The van der Waals surface area contributed by atoms with Gasteiger partial charge in [-0.3, -0.25) is 14.6 Å². The van der Waals surface area contributed by atoms with Crippen molar-refractivity contribution in [2.45, 2.75) is 31.5 Å². The standard InChI is InChI=1S/C21H21F3N4O2S/c1-4-28-17(21(22,23)24)10-15(25)18(20(28)30)27(3)19(29)14-8-12-6-7-26-11-13(12)9-16(14)31-5-2/h6-11H,4-5,25H2,1-3H3. The van der Waals surface area contributed by atoms with Gasteiger partial charge in [0.2, 0.25) is 0 Å².